The molecule has 7 heteroatoms. The summed E-state index contributed by atoms with van der Waals surface area (Å²) in [6, 6.07) is 0. The van der Waals surface area contributed by atoms with Crippen LogP contribution in [0.15, 0.2) is 12.2 Å². The van der Waals surface area contributed by atoms with Crippen molar-refractivity contribution in [1.29, 1.82) is 0 Å². The van der Waals surface area contributed by atoms with Gasteiger partial charge in [0.2, 0.25) is 0 Å². The molecule has 1 heterocycles. The van der Waals surface area contributed by atoms with Gasteiger partial charge < -0.3 is 19.9 Å². The molecule has 48 heavy (non-hydrogen) atoms. The van der Waals surface area contributed by atoms with E-state index >= 15 is 0 Å². The second-order valence-electron chi connectivity index (χ2n) is 19.4. The molecule has 0 amide bonds. The molecule has 272 valence electrons. The highest BCUT2D eigenvalue weighted by atomic mass is 16.5. The quantitative estimate of drug-likeness (QED) is 0.192. The largest absolute Gasteiger partial charge is 0.481 e. The Morgan fingerprint density at radius 3 is 2.29 bits per heavy atom. The van der Waals surface area contributed by atoms with Gasteiger partial charge in [-0.05, 0) is 131 Å². The summed E-state index contributed by atoms with van der Waals surface area (Å²) in [4.78, 5) is 27.4. The van der Waals surface area contributed by atoms with Gasteiger partial charge in [0.05, 0.1) is 25.0 Å². The highest BCUT2D eigenvalue weighted by Crippen LogP contribution is 2.76. The Morgan fingerprint density at radius 1 is 0.917 bits per heavy atom. The minimum absolute atomic E-state index is 0.0901. The van der Waals surface area contributed by atoms with E-state index in [1.54, 1.807) is 13.8 Å². The maximum Gasteiger partial charge on any atom is 0.309 e. The third-order valence-electron chi connectivity index (χ3n) is 16.5. The van der Waals surface area contributed by atoms with Crippen molar-refractivity contribution in [2.45, 2.75) is 138 Å². The standard InChI is InChI=1S/C41H68N2O5/c1-27(2)28-12-17-41(42-20-21-43-22-24-47-25-23-43)19-18-39(8)29(34(28)41)10-11-31-38(7)15-14-32(48-33(44)26-36(3,4)35(45)46)37(5,6)30(38)13-16-40(31,39)9/h28-32,34,42H,1,10-26H2,2-9H3,(H,45,46). The van der Waals surface area contributed by atoms with Crippen LogP contribution in [0.4, 0.5) is 0 Å². The number of carboxylic acid groups (broad SMARTS) is 1. The van der Waals surface area contributed by atoms with Gasteiger partial charge in [0.25, 0.3) is 0 Å². The fraction of sp³-hybridized carbons (Fsp3) is 0.902. The Bertz CT molecular complexity index is 1260. The first-order chi connectivity index (χ1) is 22.4. The number of carboxylic acids is 1. The van der Waals surface area contributed by atoms with E-state index in [0.29, 0.717) is 29.6 Å². The van der Waals surface area contributed by atoms with Crippen molar-refractivity contribution >= 4 is 11.9 Å². The first-order valence-corrected chi connectivity index (χ1v) is 19.5. The average Bonchev–Trinajstić information content (AvgIpc) is 3.39. The van der Waals surface area contributed by atoms with E-state index in [0.717, 1.165) is 52.2 Å². The second-order valence-corrected chi connectivity index (χ2v) is 19.4. The van der Waals surface area contributed by atoms with Crippen LogP contribution in [0, 0.1) is 56.7 Å². The molecule has 5 aliphatic carbocycles. The molecule has 0 aromatic heterocycles. The monoisotopic (exact) mass is 669 g/mol. The van der Waals surface area contributed by atoms with Gasteiger partial charge in [0, 0.05) is 37.1 Å². The van der Waals surface area contributed by atoms with Gasteiger partial charge in [-0.25, -0.2) is 0 Å². The topological polar surface area (TPSA) is 88.1 Å². The zero-order chi connectivity index (χ0) is 34.9. The Labute approximate surface area is 291 Å². The predicted molar refractivity (Wildman–Crippen MR) is 190 cm³/mol. The zero-order valence-corrected chi connectivity index (χ0v) is 31.7. The number of rotatable bonds is 9. The maximum absolute atomic E-state index is 13.1. The molecule has 5 saturated carbocycles. The number of esters is 1. The zero-order valence-electron chi connectivity index (χ0n) is 31.7. The molecular weight excluding hydrogens is 600 g/mol. The van der Waals surface area contributed by atoms with Crippen molar-refractivity contribution in [3.8, 4) is 0 Å². The van der Waals surface area contributed by atoms with Crippen LogP contribution in [-0.4, -0.2) is 73.0 Å². The SMILES string of the molecule is C=C(C)C1CCC2(NCCN3CCOCC3)CCC3(C)C(CCC4C5(C)CCC(OC(=O)CC(C)(C)C(=O)O)C(C)(C)C5CCC43C)C12. The Balaban J connectivity index is 1.21. The van der Waals surface area contributed by atoms with Gasteiger partial charge >= 0.3 is 11.9 Å². The minimum Gasteiger partial charge on any atom is -0.481 e. The highest BCUT2D eigenvalue weighted by Gasteiger charge is 2.71. The minimum atomic E-state index is -1.12. The Morgan fingerprint density at radius 2 is 1.62 bits per heavy atom. The summed E-state index contributed by atoms with van der Waals surface area (Å²) in [5.41, 5.74) is 1.10. The molecule has 0 bridgehead atoms. The Kier molecular flexibility index (Phi) is 9.58. The smallest absolute Gasteiger partial charge is 0.309 e. The number of allylic oxidation sites excluding steroid dienone is 1. The number of hydrogen-bond donors (Lipinski definition) is 2. The van der Waals surface area contributed by atoms with Crippen molar-refractivity contribution in [3.63, 3.8) is 0 Å². The Hall–Kier alpha value is -1.44. The van der Waals surface area contributed by atoms with Crippen molar-refractivity contribution in [3.05, 3.63) is 12.2 Å². The van der Waals surface area contributed by atoms with Crippen LogP contribution in [-0.2, 0) is 19.1 Å². The van der Waals surface area contributed by atoms with E-state index in [1.165, 1.54) is 56.9 Å². The number of morpholine rings is 1. The molecule has 1 saturated heterocycles. The number of carbonyl (C=O) groups excluding carboxylic acids is 1. The molecule has 0 spiro atoms. The van der Waals surface area contributed by atoms with Crippen LogP contribution in [0.1, 0.15) is 126 Å². The van der Waals surface area contributed by atoms with Gasteiger partial charge in [-0.1, -0.05) is 46.8 Å². The summed E-state index contributed by atoms with van der Waals surface area (Å²) in [7, 11) is 0. The second kappa shape index (κ2) is 12.7. The third-order valence-corrected chi connectivity index (χ3v) is 16.5. The van der Waals surface area contributed by atoms with Crippen molar-refractivity contribution in [2.24, 2.45) is 56.7 Å². The van der Waals surface area contributed by atoms with Crippen LogP contribution in [0.2, 0.25) is 0 Å². The van der Waals surface area contributed by atoms with E-state index in [-0.39, 0.29) is 45.7 Å². The molecule has 0 radical (unpaired) electrons. The molecule has 10 atom stereocenters. The highest BCUT2D eigenvalue weighted by molar-refractivity contribution is 5.81. The number of carbonyl (C=O) groups is 2. The summed E-state index contributed by atoms with van der Waals surface area (Å²) in [5, 5.41) is 13.9. The van der Waals surface area contributed by atoms with Gasteiger partial charge in [0.15, 0.2) is 0 Å². The number of nitrogens with zero attached hydrogens (tertiary/aromatic N) is 1. The summed E-state index contributed by atoms with van der Waals surface area (Å²) in [6.07, 6.45) is 11.8. The fourth-order valence-electron chi connectivity index (χ4n) is 13.6. The summed E-state index contributed by atoms with van der Waals surface area (Å²) in [6.45, 7) is 28.8. The molecule has 6 rings (SSSR count). The van der Waals surface area contributed by atoms with Crippen LogP contribution < -0.4 is 5.32 Å². The molecule has 6 aliphatic rings. The number of aliphatic carboxylic acids is 1. The summed E-state index contributed by atoms with van der Waals surface area (Å²) < 4.78 is 11.8. The van der Waals surface area contributed by atoms with Gasteiger partial charge in [0.1, 0.15) is 6.10 Å². The fourth-order valence-corrected chi connectivity index (χ4v) is 13.6. The van der Waals surface area contributed by atoms with Crippen LogP contribution in [0.5, 0.6) is 0 Å². The lowest BCUT2D eigenvalue weighted by Crippen LogP contribution is -2.69. The summed E-state index contributed by atoms with van der Waals surface area (Å²) >= 11 is 0. The molecule has 2 N–H and O–H groups in total. The molecule has 1 aliphatic heterocycles. The van der Waals surface area contributed by atoms with Gasteiger partial charge in [-0.3, -0.25) is 14.5 Å². The predicted octanol–water partition coefficient (Wildman–Crippen LogP) is 7.73. The number of nitrogens with one attached hydrogen (secondary N) is 1. The van der Waals surface area contributed by atoms with E-state index in [9.17, 15) is 14.7 Å². The first-order valence-electron chi connectivity index (χ1n) is 19.5. The maximum atomic E-state index is 13.1. The lowest BCUT2D eigenvalue weighted by atomic mass is 9.32. The first kappa shape index (κ1) is 36.4. The van der Waals surface area contributed by atoms with E-state index in [2.05, 4.69) is 58.3 Å². The number of ether oxygens (including phenoxy) is 2. The lowest BCUT2D eigenvalue weighted by molar-refractivity contribution is -0.246. The molecule has 0 aromatic rings. The molecule has 0 aromatic carbocycles. The van der Waals surface area contributed by atoms with Crippen LogP contribution in [0.3, 0.4) is 0 Å². The average molecular weight is 669 g/mol. The van der Waals surface area contributed by atoms with Crippen molar-refractivity contribution in [1.82, 2.24) is 10.2 Å². The number of hydrogen-bond acceptors (Lipinski definition) is 6. The molecule has 6 fully saturated rings. The molecule has 10 unspecified atom stereocenters. The number of fused-ring (bicyclic) bond motifs is 7. The normalized spacial score (nSPS) is 44.1. The van der Waals surface area contributed by atoms with Crippen molar-refractivity contribution in [2.75, 3.05) is 39.4 Å². The van der Waals surface area contributed by atoms with Crippen LogP contribution in [0.25, 0.3) is 0 Å². The van der Waals surface area contributed by atoms with Gasteiger partial charge in [-0.15, -0.1) is 0 Å². The van der Waals surface area contributed by atoms with Gasteiger partial charge in [-0.2, -0.15) is 0 Å². The van der Waals surface area contributed by atoms with Crippen molar-refractivity contribution < 1.29 is 24.2 Å². The molecular formula is C41H68N2O5. The lowest BCUT2D eigenvalue weighted by Gasteiger charge is -2.73. The summed E-state index contributed by atoms with van der Waals surface area (Å²) in [5.74, 6) is 1.76. The van der Waals surface area contributed by atoms with E-state index < -0.39 is 11.4 Å². The van der Waals surface area contributed by atoms with E-state index in [1.807, 2.05) is 0 Å². The van der Waals surface area contributed by atoms with E-state index in [4.69, 9.17) is 9.47 Å². The van der Waals surface area contributed by atoms with Crippen LogP contribution >= 0.6 is 0 Å². The third kappa shape index (κ3) is 5.72. The molecule has 7 nitrogen and oxygen atoms in total.